The average molecular weight is 831 g/mol. The number of hydrogen-bond donors (Lipinski definition) is 5. The summed E-state index contributed by atoms with van der Waals surface area (Å²) in [6.07, 6.45) is -3.33. The van der Waals surface area contributed by atoms with E-state index in [2.05, 4.69) is 41.5 Å². The van der Waals surface area contributed by atoms with Gasteiger partial charge in [0.2, 0.25) is 11.9 Å². The van der Waals surface area contributed by atoms with Crippen LogP contribution >= 0.6 is 11.6 Å². The number of aryl methyl sites for hydroxylation is 1. The van der Waals surface area contributed by atoms with Crippen molar-refractivity contribution in [3.05, 3.63) is 119 Å². The van der Waals surface area contributed by atoms with Gasteiger partial charge in [-0.25, -0.2) is 4.79 Å². The van der Waals surface area contributed by atoms with Crippen LogP contribution in [0.1, 0.15) is 40.7 Å². The number of hydrogen-bond acceptors (Lipinski definition) is 11. The van der Waals surface area contributed by atoms with E-state index in [1.807, 2.05) is 55.5 Å². The zero-order valence-electron chi connectivity index (χ0n) is 31.7. The molecule has 1 aliphatic rings. The zero-order valence-corrected chi connectivity index (χ0v) is 32.4. The molecule has 6 rings (SSSR count). The summed E-state index contributed by atoms with van der Waals surface area (Å²) < 4.78 is 48.6. The first-order chi connectivity index (χ1) is 28.2. The fourth-order valence-electron chi connectivity index (χ4n) is 5.83. The van der Waals surface area contributed by atoms with Crippen molar-refractivity contribution in [1.82, 2.24) is 25.6 Å². The van der Waals surface area contributed by atoms with Crippen LogP contribution in [-0.4, -0.2) is 71.1 Å². The van der Waals surface area contributed by atoms with Crippen LogP contribution in [0.15, 0.2) is 97.1 Å². The maximum absolute atomic E-state index is 13.2. The molecule has 1 fully saturated rings. The Kier molecular flexibility index (Phi) is 12.9. The fraction of sp³-hybridized carbons (Fsp3) is 0.244. The van der Waals surface area contributed by atoms with Gasteiger partial charge in [0.1, 0.15) is 6.04 Å². The monoisotopic (exact) mass is 830 g/mol. The summed E-state index contributed by atoms with van der Waals surface area (Å²) in [4.78, 5) is 63.1. The molecule has 18 heteroatoms. The van der Waals surface area contributed by atoms with Gasteiger partial charge in [0.15, 0.2) is 6.61 Å². The summed E-state index contributed by atoms with van der Waals surface area (Å²) in [6.45, 7) is 0.217. The minimum Gasteiger partial charge on any atom is -0.467 e. The lowest BCUT2D eigenvalue weighted by Crippen LogP contribution is -2.44. The summed E-state index contributed by atoms with van der Waals surface area (Å²) in [5.41, 5.74) is 4.30. The predicted molar refractivity (Wildman–Crippen MR) is 213 cm³/mol. The number of rotatable bonds is 15. The fourth-order valence-corrected chi connectivity index (χ4v) is 5.96. The highest BCUT2D eigenvalue weighted by Gasteiger charge is 2.45. The van der Waals surface area contributed by atoms with Crippen LogP contribution < -0.4 is 31.3 Å². The van der Waals surface area contributed by atoms with E-state index in [0.717, 1.165) is 29.4 Å². The molecule has 0 saturated heterocycles. The van der Waals surface area contributed by atoms with Crippen LogP contribution in [0.2, 0.25) is 5.02 Å². The number of halogens is 4. The number of ether oxygens (including phenoxy) is 2. The van der Waals surface area contributed by atoms with Gasteiger partial charge in [-0.1, -0.05) is 65.7 Å². The van der Waals surface area contributed by atoms with Crippen molar-refractivity contribution in [3.8, 4) is 17.1 Å². The highest BCUT2D eigenvalue weighted by molar-refractivity contribution is 6.39. The first-order valence-corrected chi connectivity index (χ1v) is 18.6. The highest BCUT2D eigenvalue weighted by Crippen LogP contribution is 2.48. The predicted octanol–water partition coefficient (Wildman–Crippen LogP) is 6.70. The van der Waals surface area contributed by atoms with Crippen LogP contribution in [0.3, 0.4) is 0 Å². The third-order valence-corrected chi connectivity index (χ3v) is 9.38. The number of amides is 3. The lowest BCUT2D eigenvalue weighted by Gasteiger charge is -2.19. The van der Waals surface area contributed by atoms with E-state index in [1.54, 1.807) is 24.3 Å². The van der Waals surface area contributed by atoms with Crippen molar-refractivity contribution in [2.45, 2.75) is 43.9 Å². The number of nitrogens with zero attached hydrogens (tertiary/aromatic N) is 3. The standard InChI is InChI=1S/C41H38ClF3N8O6/c1-24-3-5-25(6-4-24)26-7-15-30(16-8-26)47-35(56)34(55)46-22-19-32(36(57)58-2)49-33(54)27-9-17-31(18-10-27)48-37-50-38(52-39(51-37)59-23-41(43,44)45)53-40(20-21-40)28-11-13-29(42)14-12-28/h3-18,32H,19-23H2,1-2H3,(H,46,55)(H,47,56)(H,49,54)(H2,48,50,51,52,53)/t32-/m0/s1. The van der Waals surface area contributed by atoms with Gasteiger partial charge in [0.25, 0.3) is 5.91 Å². The van der Waals surface area contributed by atoms with E-state index in [9.17, 15) is 32.3 Å². The molecule has 1 atom stereocenters. The Morgan fingerprint density at radius 3 is 2.02 bits per heavy atom. The molecule has 0 spiro atoms. The zero-order chi connectivity index (χ0) is 42.2. The molecule has 306 valence electrons. The summed E-state index contributed by atoms with van der Waals surface area (Å²) in [7, 11) is 1.14. The Balaban J connectivity index is 1.04. The van der Waals surface area contributed by atoms with Crippen LogP contribution in [0, 0.1) is 6.92 Å². The molecule has 5 N–H and O–H groups in total. The largest absolute Gasteiger partial charge is 0.467 e. The lowest BCUT2D eigenvalue weighted by molar-refractivity contribution is -0.154. The second kappa shape index (κ2) is 18.2. The Morgan fingerprint density at radius 2 is 1.41 bits per heavy atom. The minimum atomic E-state index is -4.64. The summed E-state index contributed by atoms with van der Waals surface area (Å²) >= 11 is 6.04. The Morgan fingerprint density at radius 1 is 0.797 bits per heavy atom. The number of carbonyl (C=O) groups excluding carboxylic acids is 4. The van der Waals surface area contributed by atoms with Gasteiger partial charge >= 0.3 is 30.0 Å². The maximum atomic E-state index is 13.2. The molecule has 1 saturated carbocycles. The van der Waals surface area contributed by atoms with Gasteiger partial charge in [-0.15, -0.1) is 0 Å². The highest BCUT2D eigenvalue weighted by atomic mass is 35.5. The van der Waals surface area contributed by atoms with E-state index in [0.29, 0.717) is 29.2 Å². The first kappa shape index (κ1) is 41.9. The summed E-state index contributed by atoms with van der Waals surface area (Å²) in [5, 5.41) is 14.1. The molecule has 0 unspecified atom stereocenters. The number of anilines is 4. The number of aromatic nitrogens is 3. The van der Waals surface area contributed by atoms with Crippen LogP contribution in [-0.2, 0) is 24.7 Å². The van der Waals surface area contributed by atoms with E-state index >= 15 is 0 Å². The van der Waals surface area contributed by atoms with Crippen LogP contribution in [0.4, 0.5) is 36.4 Å². The van der Waals surface area contributed by atoms with Gasteiger partial charge < -0.3 is 36.1 Å². The number of esters is 1. The maximum Gasteiger partial charge on any atom is 0.422 e. The Bertz CT molecular complexity index is 2290. The summed E-state index contributed by atoms with van der Waals surface area (Å²) in [6, 6.07) is 26.1. The SMILES string of the molecule is COC(=O)[C@H](CCNC(=O)C(=O)Nc1ccc(-c2ccc(C)cc2)cc1)NC(=O)c1ccc(Nc2nc(NC3(c4ccc(Cl)cc4)CC3)nc(OCC(F)(F)F)n2)cc1. The normalized spacial score (nSPS) is 13.3. The number of alkyl halides is 3. The van der Waals surface area contributed by atoms with Crippen molar-refractivity contribution in [1.29, 1.82) is 0 Å². The van der Waals surface area contributed by atoms with Crippen molar-refractivity contribution in [3.63, 3.8) is 0 Å². The molecule has 5 aromatic rings. The molecule has 0 radical (unpaired) electrons. The van der Waals surface area contributed by atoms with Gasteiger partial charge in [0.05, 0.1) is 12.6 Å². The number of methoxy groups -OCH3 is 1. The lowest BCUT2D eigenvalue weighted by atomic mass is 10.0. The van der Waals surface area contributed by atoms with E-state index in [4.69, 9.17) is 21.1 Å². The van der Waals surface area contributed by atoms with Gasteiger partial charge in [-0.2, -0.15) is 28.1 Å². The molecular weight excluding hydrogens is 793 g/mol. The quantitative estimate of drug-likeness (QED) is 0.0559. The van der Waals surface area contributed by atoms with Crippen molar-refractivity contribution in [2.75, 3.05) is 36.2 Å². The Labute approximate surface area is 341 Å². The molecule has 14 nitrogen and oxygen atoms in total. The van der Waals surface area contributed by atoms with Gasteiger partial charge in [-0.05, 0) is 91.4 Å². The smallest absolute Gasteiger partial charge is 0.422 e. The molecule has 59 heavy (non-hydrogen) atoms. The van der Waals surface area contributed by atoms with Gasteiger partial charge in [0, 0.05) is 28.5 Å². The molecule has 1 heterocycles. The van der Waals surface area contributed by atoms with E-state index in [-0.39, 0.29) is 30.4 Å². The molecule has 1 aromatic heterocycles. The topological polar surface area (TPSA) is 186 Å². The van der Waals surface area contributed by atoms with Crippen molar-refractivity contribution >= 4 is 58.6 Å². The van der Waals surface area contributed by atoms with E-state index < -0.39 is 54.1 Å². The number of carbonyl (C=O) groups is 4. The molecule has 1 aliphatic carbocycles. The molecule has 0 bridgehead atoms. The minimum absolute atomic E-state index is 0.0299. The van der Waals surface area contributed by atoms with Crippen molar-refractivity contribution in [2.24, 2.45) is 0 Å². The van der Waals surface area contributed by atoms with E-state index in [1.165, 1.54) is 24.3 Å². The Hall–Kier alpha value is -6.75. The first-order valence-electron chi connectivity index (χ1n) is 18.2. The third-order valence-electron chi connectivity index (χ3n) is 9.12. The third kappa shape index (κ3) is 11.7. The molecule has 0 aliphatic heterocycles. The average Bonchev–Trinajstić information content (AvgIpc) is 4.00. The van der Waals surface area contributed by atoms with Crippen LogP contribution in [0.25, 0.3) is 11.1 Å². The molecule has 3 amide bonds. The van der Waals surface area contributed by atoms with Crippen molar-refractivity contribution < 1.29 is 41.8 Å². The second-order valence-corrected chi connectivity index (χ2v) is 14.0. The number of nitrogens with one attached hydrogen (secondary N) is 5. The number of benzene rings is 4. The summed E-state index contributed by atoms with van der Waals surface area (Å²) in [5.74, 6) is -3.47. The van der Waals surface area contributed by atoms with Gasteiger partial charge in [-0.3, -0.25) is 14.4 Å². The molecule has 4 aromatic carbocycles. The second-order valence-electron chi connectivity index (χ2n) is 13.6. The van der Waals surface area contributed by atoms with Crippen LogP contribution in [0.5, 0.6) is 6.01 Å². The molecular formula is C41H38ClF3N8O6.